The van der Waals surface area contributed by atoms with Crippen LogP contribution in [-0.2, 0) is 40.5 Å². The molecule has 6 aromatic carbocycles. The fraction of sp³-hybridized carbons (Fsp3) is 0. The molecule has 0 aliphatic heterocycles. The van der Waals surface area contributed by atoms with E-state index in [2.05, 4.69) is 31.6 Å². The minimum Gasteiger partial charge on any atom is -0.846 e. The van der Waals surface area contributed by atoms with Gasteiger partial charge in [-0.1, -0.05) is 0 Å². The number of amides is 4. The largest absolute Gasteiger partial charge is 1.00 e. The monoisotopic (exact) mass is 1100 g/mol. The van der Waals surface area contributed by atoms with Gasteiger partial charge in [0.1, 0.15) is 30.4 Å². The molecule has 72 heavy (non-hydrogen) atoms. The maximum Gasteiger partial charge on any atom is 1.00 e. The Morgan fingerprint density at radius 3 is 0.875 bits per heavy atom. The first-order chi connectivity index (χ1) is 31.7. The average molecular weight is 1100 g/mol. The van der Waals surface area contributed by atoms with E-state index < -0.39 is 89.7 Å². The second-order valence-electron chi connectivity index (χ2n) is 13.9. The Bertz CT molecular complexity index is 3290. The second-order valence-corrected chi connectivity index (χ2v) is 19.4. The van der Waals surface area contributed by atoms with Crippen LogP contribution in [0.25, 0.3) is 0 Å². The van der Waals surface area contributed by atoms with Gasteiger partial charge in [0.25, 0.3) is 33.7 Å². The molecule has 0 fully saturated rings. The second kappa shape index (κ2) is 26.5. The fourth-order valence-electron chi connectivity index (χ4n) is 5.81. The molecule has 0 saturated carbocycles. The summed E-state index contributed by atoms with van der Waals surface area (Å²) in [6, 6.07) is 21.6. The van der Waals surface area contributed by atoms with Crippen molar-refractivity contribution in [2.45, 2.75) is 19.6 Å². The molecule has 6 aromatic rings. The van der Waals surface area contributed by atoms with Gasteiger partial charge >= 0.3 is 118 Å². The van der Waals surface area contributed by atoms with Gasteiger partial charge in [0.05, 0.1) is 31.3 Å². The van der Waals surface area contributed by atoms with Crippen LogP contribution in [-0.4, -0.2) is 81.5 Å². The Kier molecular flexibility index (Phi) is 23.7. The summed E-state index contributed by atoms with van der Waals surface area (Å²) in [6.45, 7) is 0. The van der Waals surface area contributed by atoms with Gasteiger partial charge in [-0.3, -0.25) is 23.7 Å². The Labute approximate surface area is 499 Å². The average Bonchev–Trinajstić information content (AvgIpc) is 3.25. The number of aliphatic imine (C=N–C) groups is 1. The molecule has 6 rings (SSSR count). The van der Waals surface area contributed by atoms with Crippen molar-refractivity contribution in [3.05, 3.63) is 156 Å². The maximum absolute atomic E-state index is 13.5. The molecule has 4 amide bonds. The third-order valence-electron chi connectivity index (χ3n) is 8.99. The van der Waals surface area contributed by atoms with Gasteiger partial charge in [0.15, 0.2) is 0 Å². The SMILES string of the molecule is O=C(Nc1ccc(S(=O)(=O)[O-])cc1)c1cc(N=C([O-])Nc2cc(C(=O)Nc3ccc(S(=O)(=O)[O-])cc3)cc(C(=O)Nc3ccc(S(=O)(=O)O)cc3)c2)cc(C(=O)Nc2ccc(S(=O)(=O)[O-])cc2)c1.[Na+].[Na+].[Na+].[Na+]. The van der Waals surface area contributed by atoms with E-state index in [9.17, 15) is 76.2 Å². The van der Waals surface area contributed by atoms with Crippen LogP contribution in [0.2, 0.25) is 0 Å². The van der Waals surface area contributed by atoms with Crippen LogP contribution in [0.15, 0.2) is 158 Å². The van der Waals surface area contributed by atoms with E-state index in [0.717, 1.165) is 133 Å². The third kappa shape index (κ3) is 18.2. The first-order valence-electron chi connectivity index (χ1n) is 18.5. The summed E-state index contributed by atoms with van der Waals surface area (Å²) >= 11 is 0. The van der Waals surface area contributed by atoms with Crippen molar-refractivity contribution in [2.75, 3.05) is 26.6 Å². The van der Waals surface area contributed by atoms with Crippen LogP contribution in [0.4, 0.5) is 34.1 Å². The van der Waals surface area contributed by atoms with E-state index >= 15 is 0 Å². The zero-order valence-electron chi connectivity index (χ0n) is 37.8. The normalized spacial score (nSPS) is 11.4. The molecule has 0 saturated heterocycles. The van der Waals surface area contributed by atoms with Crippen LogP contribution in [0.3, 0.4) is 0 Å². The molecule has 0 aliphatic carbocycles. The van der Waals surface area contributed by atoms with Gasteiger partial charge in [0, 0.05) is 50.7 Å². The standard InChI is InChI=1S/C41H32N6O17S4.4Na/c48-37(42-27-1-9-33(10-2-27)65(53,54)55)23-17-24(38(49)43-28-3-11-34(12-4-28)66(56,57)58)20-31(19-23)46-41(52)47-32-21-25(39(50)44-29-5-13-35(14-6-29)67(59,60)61)18-26(22-32)40(51)45-30-7-15-36(16-8-30)68(62,63)64;;;;/h1-22H,(H,42,48)(H,43,49)(H,44,50)(H,45,51)(H2,46,47,52)(H,53,54,55)(H,56,57,58)(H,59,60,61)(H,62,63,64);;;;/q;4*+1/p-4. The Balaban J connectivity index is 0.00000444. The number of hydrogen-bond acceptors (Lipinski definition) is 17. The minimum atomic E-state index is -4.83. The molecule has 23 nitrogen and oxygen atoms in total. The summed E-state index contributed by atoms with van der Waals surface area (Å²) in [7, 11) is -19.1. The topological polar surface area (TPSA) is 390 Å². The van der Waals surface area contributed by atoms with Crippen molar-refractivity contribution in [3.63, 3.8) is 0 Å². The molecule has 0 spiro atoms. The van der Waals surface area contributed by atoms with Gasteiger partial charge < -0.3 is 45.3 Å². The summed E-state index contributed by atoms with van der Waals surface area (Å²) in [5.74, 6) is -3.72. The number of hydrogen-bond donors (Lipinski definition) is 6. The van der Waals surface area contributed by atoms with Crippen LogP contribution in [0.5, 0.6) is 0 Å². The van der Waals surface area contributed by atoms with Crippen molar-refractivity contribution in [2.24, 2.45) is 4.99 Å². The molecular formula is C41H28N6Na4O17S4. The number of amidine groups is 1. The predicted molar refractivity (Wildman–Crippen MR) is 235 cm³/mol. The van der Waals surface area contributed by atoms with Gasteiger partial charge in [-0.25, -0.2) is 30.2 Å². The van der Waals surface area contributed by atoms with E-state index in [1.54, 1.807) is 0 Å². The van der Waals surface area contributed by atoms with Gasteiger partial charge in [0.2, 0.25) is 0 Å². The van der Waals surface area contributed by atoms with Crippen molar-refractivity contribution in [1.82, 2.24) is 0 Å². The number of carbonyl (C=O) groups is 4. The molecule has 352 valence electrons. The molecule has 0 atom stereocenters. The van der Waals surface area contributed by atoms with Crippen molar-refractivity contribution >= 4 is 104 Å². The number of nitrogens with one attached hydrogen (secondary N) is 5. The zero-order valence-corrected chi connectivity index (χ0v) is 49.0. The van der Waals surface area contributed by atoms with Crippen LogP contribution in [0.1, 0.15) is 41.4 Å². The summed E-state index contributed by atoms with van der Waals surface area (Å²) in [5, 5.41) is 25.7. The maximum atomic E-state index is 13.5. The molecule has 0 bridgehead atoms. The van der Waals surface area contributed by atoms with Crippen molar-refractivity contribution < 1.29 is 194 Å². The van der Waals surface area contributed by atoms with E-state index in [4.69, 9.17) is 0 Å². The molecule has 0 heterocycles. The number of benzene rings is 6. The van der Waals surface area contributed by atoms with Crippen molar-refractivity contribution in [3.8, 4) is 0 Å². The fourth-order valence-corrected chi connectivity index (χ4v) is 7.69. The molecule has 6 N–H and O–H groups in total. The van der Waals surface area contributed by atoms with Gasteiger partial charge in [-0.2, -0.15) is 8.42 Å². The summed E-state index contributed by atoms with van der Waals surface area (Å²) < 4.78 is 135. The number of carbonyl (C=O) groups excluding carboxylic acids is 4. The summed E-state index contributed by atoms with van der Waals surface area (Å²) in [6.07, 6.45) is 0. The first kappa shape index (κ1) is 64.2. The van der Waals surface area contributed by atoms with E-state index in [1.807, 2.05) is 0 Å². The number of rotatable bonds is 14. The molecule has 0 radical (unpaired) electrons. The summed E-state index contributed by atoms with van der Waals surface area (Å²) in [4.78, 5) is 55.5. The smallest absolute Gasteiger partial charge is 0.846 e. The van der Waals surface area contributed by atoms with Gasteiger partial charge in [-0.15, -0.1) is 0 Å². The van der Waals surface area contributed by atoms with E-state index in [0.29, 0.717) is 0 Å². The summed E-state index contributed by atoms with van der Waals surface area (Å²) in [5.41, 5.74) is -1.83. The Morgan fingerprint density at radius 1 is 0.375 bits per heavy atom. The molecule has 0 aromatic heterocycles. The number of anilines is 5. The molecule has 0 unspecified atom stereocenters. The Morgan fingerprint density at radius 2 is 0.625 bits per heavy atom. The molecule has 0 aliphatic rings. The van der Waals surface area contributed by atoms with Crippen LogP contribution < -0.4 is 150 Å². The van der Waals surface area contributed by atoms with E-state index in [-0.39, 0.29) is 175 Å². The Hall–Kier alpha value is -3.89. The van der Waals surface area contributed by atoms with Crippen molar-refractivity contribution in [1.29, 1.82) is 0 Å². The zero-order chi connectivity index (χ0) is 49.8. The quantitative estimate of drug-likeness (QED) is 0.0255. The van der Waals surface area contributed by atoms with Gasteiger partial charge in [-0.05, 0) is 133 Å². The van der Waals surface area contributed by atoms with Crippen LogP contribution in [0, 0.1) is 0 Å². The number of nitrogens with zero attached hydrogens (tertiary/aromatic N) is 1. The van der Waals surface area contributed by atoms with Crippen LogP contribution >= 0.6 is 0 Å². The minimum absolute atomic E-state index is 0. The van der Waals surface area contributed by atoms with E-state index in [1.165, 1.54) is 0 Å². The first-order valence-corrected chi connectivity index (χ1v) is 24.2. The predicted octanol–water partition coefficient (Wildman–Crippen LogP) is -8.87. The molecule has 31 heteroatoms. The molecular weight excluding hydrogens is 1070 g/mol. The third-order valence-corrected chi connectivity index (χ3v) is 12.4.